The van der Waals surface area contributed by atoms with E-state index in [9.17, 15) is 9.18 Å². The van der Waals surface area contributed by atoms with Crippen LogP contribution >= 0.6 is 15.9 Å². The molecule has 0 aromatic heterocycles. The summed E-state index contributed by atoms with van der Waals surface area (Å²) in [5.41, 5.74) is 6.97. The molecule has 21 heavy (non-hydrogen) atoms. The van der Waals surface area contributed by atoms with Crippen LogP contribution in [0.25, 0.3) is 0 Å². The lowest BCUT2D eigenvalue weighted by Crippen LogP contribution is -2.06. The van der Waals surface area contributed by atoms with Gasteiger partial charge in [-0.05, 0) is 40.2 Å². The molecule has 0 bridgehead atoms. The molecule has 0 aliphatic rings. The Labute approximate surface area is 129 Å². The van der Waals surface area contributed by atoms with Gasteiger partial charge in [-0.1, -0.05) is 12.1 Å². The lowest BCUT2D eigenvalue weighted by Gasteiger charge is -2.09. The molecule has 0 atom stereocenters. The van der Waals surface area contributed by atoms with Gasteiger partial charge in [-0.25, -0.2) is 9.18 Å². The van der Waals surface area contributed by atoms with Crippen molar-refractivity contribution < 1.29 is 18.7 Å². The Morgan fingerprint density at radius 3 is 2.81 bits per heavy atom. The summed E-state index contributed by atoms with van der Waals surface area (Å²) < 4.78 is 23.8. The minimum Gasteiger partial charge on any atom is -0.495 e. The molecule has 2 rings (SSSR count). The fourth-order valence-corrected chi connectivity index (χ4v) is 2.10. The van der Waals surface area contributed by atoms with Gasteiger partial charge >= 0.3 is 5.97 Å². The Hall–Kier alpha value is -2.08. The van der Waals surface area contributed by atoms with E-state index in [1.165, 1.54) is 19.2 Å². The maximum absolute atomic E-state index is 13.4. The zero-order valence-electron chi connectivity index (χ0n) is 11.2. The van der Waals surface area contributed by atoms with Crippen LogP contribution in [0.2, 0.25) is 0 Å². The van der Waals surface area contributed by atoms with Gasteiger partial charge in [-0.2, -0.15) is 0 Å². The van der Waals surface area contributed by atoms with E-state index in [0.717, 1.165) is 0 Å². The first-order chi connectivity index (χ1) is 10.0. The van der Waals surface area contributed by atoms with Crippen molar-refractivity contribution in [2.45, 2.75) is 6.61 Å². The van der Waals surface area contributed by atoms with Crippen LogP contribution < -0.4 is 10.5 Å². The number of ether oxygens (including phenoxy) is 2. The lowest BCUT2D eigenvalue weighted by atomic mass is 10.2. The summed E-state index contributed by atoms with van der Waals surface area (Å²) in [4.78, 5) is 12.0. The van der Waals surface area contributed by atoms with Crippen molar-refractivity contribution in [1.29, 1.82) is 0 Å². The predicted molar refractivity (Wildman–Crippen MR) is 80.6 cm³/mol. The third-order valence-corrected chi connectivity index (χ3v) is 3.75. The Kier molecular flexibility index (Phi) is 4.80. The summed E-state index contributed by atoms with van der Waals surface area (Å²) in [6.07, 6.45) is 0. The second-order valence-corrected chi connectivity index (χ2v) is 5.04. The second-order valence-electron chi connectivity index (χ2n) is 4.25. The zero-order chi connectivity index (χ0) is 15.4. The first-order valence-electron chi connectivity index (χ1n) is 6.06. The molecule has 0 aliphatic carbocycles. The van der Waals surface area contributed by atoms with Crippen molar-refractivity contribution >= 4 is 27.6 Å². The molecule has 2 aromatic carbocycles. The number of esters is 1. The summed E-state index contributed by atoms with van der Waals surface area (Å²) in [5, 5.41) is 0. The molecule has 0 saturated heterocycles. The monoisotopic (exact) mass is 353 g/mol. The molecular formula is C15H13BrFNO3. The van der Waals surface area contributed by atoms with Gasteiger partial charge in [-0.3, -0.25) is 0 Å². The molecule has 2 N–H and O–H groups in total. The van der Waals surface area contributed by atoms with Crippen LogP contribution in [0.4, 0.5) is 10.1 Å². The minimum atomic E-state index is -0.538. The molecule has 2 aromatic rings. The number of anilines is 1. The van der Waals surface area contributed by atoms with E-state index >= 15 is 0 Å². The van der Waals surface area contributed by atoms with E-state index in [-0.39, 0.29) is 11.1 Å². The molecule has 6 heteroatoms. The van der Waals surface area contributed by atoms with Crippen LogP contribution in [0.1, 0.15) is 15.9 Å². The maximum Gasteiger partial charge on any atom is 0.338 e. The van der Waals surface area contributed by atoms with Crippen molar-refractivity contribution in [2.75, 3.05) is 12.8 Å². The van der Waals surface area contributed by atoms with Crippen molar-refractivity contribution in [3.05, 3.63) is 57.8 Å². The van der Waals surface area contributed by atoms with Crippen molar-refractivity contribution in [2.24, 2.45) is 0 Å². The number of hydrogen-bond acceptors (Lipinski definition) is 4. The van der Waals surface area contributed by atoms with E-state index < -0.39 is 11.8 Å². The third-order valence-electron chi connectivity index (χ3n) is 2.86. The highest BCUT2D eigenvalue weighted by molar-refractivity contribution is 9.10. The van der Waals surface area contributed by atoms with Crippen LogP contribution in [-0.4, -0.2) is 13.1 Å². The van der Waals surface area contributed by atoms with Gasteiger partial charge in [-0.15, -0.1) is 0 Å². The van der Waals surface area contributed by atoms with Crippen LogP contribution in [-0.2, 0) is 11.3 Å². The van der Waals surface area contributed by atoms with E-state index in [1.807, 2.05) is 0 Å². The van der Waals surface area contributed by atoms with E-state index in [0.29, 0.717) is 22.6 Å². The van der Waals surface area contributed by atoms with Gasteiger partial charge in [0.25, 0.3) is 0 Å². The molecule has 110 valence electrons. The van der Waals surface area contributed by atoms with E-state index in [4.69, 9.17) is 15.2 Å². The van der Waals surface area contributed by atoms with Crippen LogP contribution in [0.5, 0.6) is 5.75 Å². The van der Waals surface area contributed by atoms with Gasteiger partial charge in [0.1, 0.15) is 18.2 Å². The smallest absolute Gasteiger partial charge is 0.338 e. The zero-order valence-corrected chi connectivity index (χ0v) is 12.8. The average Bonchev–Trinajstić information content (AvgIpc) is 2.49. The molecule has 0 heterocycles. The van der Waals surface area contributed by atoms with Gasteiger partial charge in [0, 0.05) is 5.56 Å². The predicted octanol–water partition coefficient (Wildman–Crippen LogP) is 3.54. The summed E-state index contributed by atoms with van der Waals surface area (Å²) in [7, 11) is 1.46. The number of nitrogen functional groups attached to an aromatic ring is 1. The number of carbonyl (C=O) groups excluding carboxylic acids is 1. The molecule has 0 radical (unpaired) electrons. The fraction of sp³-hybridized carbons (Fsp3) is 0.133. The number of hydrogen-bond donors (Lipinski definition) is 1. The lowest BCUT2D eigenvalue weighted by molar-refractivity contribution is 0.0471. The van der Waals surface area contributed by atoms with E-state index in [1.54, 1.807) is 24.3 Å². The highest BCUT2D eigenvalue weighted by Gasteiger charge is 2.12. The van der Waals surface area contributed by atoms with Gasteiger partial charge < -0.3 is 15.2 Å². The van der Waals surface area contributed by atoms with Crippen LogP contribution in [0.3, 0.4) is 0 Å². The number of halogens is 2. The Morgan fingerprint density at radius 2 is 2.10 bits per heavy atom. The first kappa shape index (κ1) is 15.3. The molecular weight excluding hydrogens is 341 g/mol. The first-order valence-corrected chi connectivity index (χ1v) is 6.85. The maximum atomic E-state index is 13.4. The number of benzene rings is 2. The summed E-state index contributed by atoms with van der Waals surface area (Å²) in [5.74, 6) is -0.543. The van der Waals surface area contributed by atoms with Crippen molar-refractivity contribution in [3.63, 3.8) is 0 Å². The standard InChI is InChI=1S/C15H13BrFNO3/c1-20-13-7-9(5-6-12(13)18)15(19)21-8-10-3-2-4-11(17)14(10)16/h2-7H,8,18H2,1H3. The number of rotatable bonds is 4. The Bertz CT molecular complexity index is 676. The topological polar surface area (TPSA) is 61.5 Å². The van der Waals surface area contributed by atoms with Gasteiger partial charge in [0.2, 0.25) is 0 Å². The highest BCUT2D eigenvalue weighted by atomic mass is 79.9. The Morgan fingerprint density at radius 1 is 1.33 bits per heavy atom. The van der Waals surface area contributed by atoms with Gasteiger partial charge in [0.05, 0.1) is 22.8 Å². The quantitative estimate of drug-likeness (QED) is 0.674. The minimum absolute atomic E-state index is 0.0378. The molecule has 0 fully saturated rings. The summed E-state index contributed by atoms with van der Waals surface area (Å²) in [6.45, 7) is -0.0378. The van der Waals surface area contributed by atoms with Crippen LogP contribution in [0.15, 0.2) is 40.9 Å². The molecule has 0 spiro atoms. The fourth-order valence-electron chi connectivity index (χ4n) is 1.72. The average molecular weight is 354 g/mol. The summed E-state index contributed by atoms with van der Waals surface area (Å²) in [6, 6.07) is 9.15. The molecule has 0 saturated carbocycles. The molecule has 0 amide bonds. The number of methoxy groups -OCH3 is 1. The van der Waals surface area contributed by atoms with E-state index in [2.05, 4.69) is 15.9 Å². The highest BCUT2D eigenvalue weighted by Crippen LogP contribution is 2.24. The molecule has 4 nitrogen and oxygen atoms in total. The number of carbonyl (C=O) groups is 1. The van der Waals surface area contributed by atoms with Crippen molar-refractivity contribution in [3.8, 4) is 5.75 Å². The third kappa shape index (κ3) is 3.52. The SMILES string of the molecule is COc1cc(C(=O)OCc2cccc(F)c2Br)ccc1N. The molecule has 0 unspecified atom stereocenters. The molecule has 0 aliphatic heterocycles. The largest absolute Gasteiger partial charge is 0.495 e. The Balaban J connectivity index is 2.10. The number of nitrogens with two attached hydrogens (primary N) is 1. The second kappa shape index (κ2) is 6.58. The normalized spacial score (nSPS) is 10.2. The summed E-state index contributed by atoms with van der Waals surface area (Å²) >= 11 is 3.12. The van der Waals surface area contributed by atoms with Gasteiger partial charge in [0.15, 0.2) is 0 Å². The van der Waals surface area contributed by atoms with Crippen molar-refractivity contribution in [1.82, 2.24) is 0 Å². The van der Waals surface area contributed by atoms with Crippen LogP contribution in [0, 0.1) is 5.82 Å².